The molecule has 4 nitrogen and oxygen atoms in total. The van der Waals surface area contributed by atoms with E-state index in [4.69, 9.17) is 32.7 Å². The maximum absolute atomic E-state index is 11.8. The van der Waals surface area contributed by atoms with Crippen LogP contribution in [0.5, 0.6) is 5.75 Å². The average molecular weight is 431 g/mol. The molecule has 0 fully saturated rings. The molecule has 0 saturated carbocycles. The number of rotatable bonds is 15. The van der Waals surface area contributed by atoms with E-state index in [9.17, 15) is 9.59 Å². The Morgan fingerprint density at radius 1 is 0.821 bits per heavy atom. The second-order valence-electron chi connectivity index (χ2n) is 6.95. The fraction of sp³-hybridized carbons (Fsp3) is 0.636. The predicted molar refractivity (Wildman–Crippen MR) is 114 cm³/mol. The Morgan fingerprint density at radius 3 is 2.11 bits per heavy atom. The molecule has 1 aromatic rings. The first-order valence-electron chi connectivity index (χ1n) is 10.3. The van der Waals surface area contributed by atoms with Gasteiger partial charge in [-0.1, -0.05) is 81.5 Å². The zero-order valence-electron chi connectivity index (χ0n) is 16.8. The molecular weight excluding hydrogens is 399 g/mol. The van der Waals surface area contributed by atoms with Gasteiger partial charge in [0.1, 0.15) is 0 Å². The molecule has 6 heteroatoms. The highest BCUT2D eigenvalue weighted by atomic mass is 35.5. The third-order valence-corrected chi connectivity index (χ3v) is 4.94. The molecule has 0 saturated heterocycles. The lowest BCUT2D eigenvalue weighted by molar-refractivity contribution is -0.144. The summed E-state index contributed by atoms with van der Waals surface area (Å²) in [4.78, 5) is 23.5. The van der Waals surface area contributed by atoms with Crippen molar-refractivity contribution in [3.63, 3.8) is 0 Å². The summed E-state index contributed by atoms with van der Waals surface area (Å²) in [6, 6.07) is 4.67. The van der Waals surface area contributed by atoms with Crippen LogP contribution in [0.3, 0.4) is 0 Å². The van der Waals surface area contributed by atoms with Crippen LogP contribution in [0.25, 0.3) is 0 Å². The fourth-order valence-electron chi connectivity index (χ4n) is 2.78. The summed E-state index contributed by atoms with van der Waals surface area (Å²) in [5.41, 5.74) is 0. The molecule has 158 valence electrons. The van der Waals surface area contributed by atoms with Crippen LogP contribution in [0.2, 0.25) is 10.0 Å². The van der Waals surface area contributed by atoms with Crippen molar-refractivity contribution in [2.24, 2.45) is 0 Å². The fourth-order valence-corrected chi connectivity index (χ4v) is 3.10. The topological polar surface area (TPSA) is 52.6 Å². The minimum Gasteiger partial charge on any atom is -0.466 e. The molecule has 0 amide bonds. The van der Waals surface area contributed by atoms with Crippen LogP contribution in [0, 0.1) is 0 Å². The number of ether oxygens (including phenoxy) is 2. The summed E-state index contributed by atoms with van der Waals surface area (Å²) in [6.07, 6.45) is 11.7. The van der Waals surface area contributed by atoms with Crippen molar-refractivity contribution in [3.05, 3.63) is 28.2 Å². The molecule has 0 atom stereocenters. The molecule has 0 aliphatic heterocycles. The number of benzene rings is 1. The molecule has 0 aliphatic rings. The zero-order chi connectivity index (χ0) is 20.6. The van der Waals surface area contributed by atoms with Crippen LogP contribution in [-0.4, -0.2) is 18.5 Å². The number of carbonyl (C=O) groups excluding carboxylic acids is 2. The van der Waals surface area contributed by atoms with Gasteiger partial charge in [0.15, 0.2) is 5.75 Å². The Morgan fingerprint density at radius 2 is 1.43 bits per heavy atom. The van der Waals surface area contributed by atoms with Gasteiger partial charge in [-0.25, -0.2) is 0 Å². The van der Waals surface area contributed by atoms with Gasteiger partial charge >= 0.3 is 11.9 Å². The monoisotopic (exact) mass is 430 g/mol. The van der Waals surface area contributed by atoms with Crippen LogP contribution in [0.15, 0.2) is 18.2 Å². The van der Waals surface area contributed by atoms with Crippen molar-refractivity contribution in [1.29, 1.82) is 0 Å². The first-order valence-corrected chi connectivity index (χ1v) is 11.1. The van der Waals surface area contributed by atoms with Gasteiger partial charge in [0, 0.05) is 23.9 Å². The third-order valence-electron chi connectivity index (χ3n) is 4.39. The minimum atomic E-state index is -0.448. The highest BCUT2D eigenvalue weighted by molar-refractivity contribution is 6.34. The summed E-state index contributed by atoms with van der Waals surface area (Å²) >= 11 is 11.8. The Hall–Kier alpha value is -1.26. The van der Waals surface area contributed by atoms with Crippen LogP contribution in [0.4, 0.5) is 0 Å². The van der Waals surface area contributed by atoms with Crippen LogP contribution >= 0.6 is 23.2 Å². The van der Waals surface area contributed by atoms with Crippen molar-refractivity contribution in [2.75, 3.05) is 6.61 Å². The van der Waals surface area contributed by atoms with Gasteiger partial charge in [0.25, 0.3) is 0 Å². The SMILES string of the molecule is CCCCCCCCCCCOC(=O)CCCC(=O)Oc1cc(Cl)ccc1Cl. The highest BCUT2D eigenvalue weighted by Crippen LogP contribution is 2.28. The Kier molecular flexibility index (Phi) is 13.8. The number of esters is 2. The highest BCUT2D eigenvalue weighted by Gasteiger charge is 2.11. The Bertz CT molecular complexity index is 590. The summed E-state index contributed by atoms with van der Waals surface area (Å²) in [5, 5.41) is 0.755. The first kappa shape index (κ1) is 24.8. The van der Waals surface area contributed by atoms with Crippen molar-refractivity contribution < 1.29 is 19.1 Å². The number of hydrogen-bond donors (Lipinski definition) is 0. The maximum atomic E-state index is 11.8. The zero-order valence-corrected chi connectivity index (χ0v) is 18.3. The number of carbonyl (C=O) groups is 2. The molecule has 0 heterocycles. The van der Waals surface area contributed by atoms with Gasteiger partial charge in [-0.2, -0.15) is 0 Å². The van der Waals surface area contributed by atoms with E-state index in [0.717, 1.165) is 12.8 Å². The summed E-state index contributed by atoms with van der Waals surface area (Å²) in [6.45, 7) is 2.68. The number of unbranched alkanes of at least 4 members (excludes halogenated alkanes) is 8. The Labute approximate surface area is 178 Å². The Balaban J connectivity index is 2.00. The van der Waals surface area contributed by atoms with E-state index in [-0.39, 0.29) is 24.6 Å². The summed E-state index contributed by atoms with van der Waals surface area (Å²) in [7, 11) is 0. The number of halogens is 2. The van der Waals surface area contributed by atoms with Gasteiger partial charge in [-0.15, -0.1) is 0 Å². The van der Waals surface area contributed by atoms with Crippen molar-refractivity contribution in [1.82, 2.24) is 0 Å². The summed E-state index contributed by atoms with van der Waals surface area (Å²) in [5.74, 6) is -0.490. The molecule has 0 spiro atoms. The lowest BCUT2D eigenvalue weighted by atomic mass is 10.1. The molecule has 0 aliphatic carbocycles. The van der Waals surface area contributed by atoms with Crippen LogP contribution in [-0.2, 0) is 14.3 Å². The van der Waals surface area contributed by atoms with Gasteiger partial charge in [-0.3, -0.25) is 9.59 Å². The number of hydrogen-bond acceptors (Lipinski definition) is 4. The molecule has 0 radical (unpaired) electrons. The molecular formula is C22H32Cl2O4. The quantitative estimate of drug-likeness (QED) is 0.168. The summed E-state index contributed by atoms with van der Waals surface area (Å²) < 4.78 is 10.4. The van der Waals surface area contributed by atoms with Crippen LogP contribution < -0.4 is 4.74 Å². The molecule has 0 bridgehead atoms. The average Bonchev–Trinajstić information content (AvgIpc) is 2.66. The molecule has 1 aromatic carbocycles. The van der Waals surface area contributed by atoms with E-state index < -0.39 is 5.97 Å². The smallest absolute Gasteiger partial charge is 0.311 e. The van der Waals surface area contributed by atoms with Crippen molar-refractivity contribution in [2.45, 2.75) is 84.0 Å². The van der Waals surface area contributed by atoms with Gasteiger partial charge in [0.2, 0.25) is 0 Å². The van der Waals surface area contributed by atoms with E-state index in [1.807, 2.05) is 0 Å². The molecule has 0 N–H and O–H groups in total. The molecule has 0 aromatic heterocycles. The second kappa shape index (κ2) is 15.6. The molecule has 1 rings (SSSR count). The van der Waals surface area contributed by atoms with Gasteiger partial charge in [0.05, 0.1) is 11.6 Å². The lowest BCUT2D eigenvalue weighted by Gasteiger charge is -2.07. The molecule has 28 heavy (non-hydrogen) atoms. The van der Waals surface area contributed by atoms with Crippen molar-refractivity contribution in [3.8, 4) is 5.75 Å². The van der Waals surface area contributed by atoms with E-state index in [2.05, 4.69) is 6.92 Å². The van der Waals surface area contributed by atoms with Gasteiger partial charge < -0.3 is 9.47 Å². The van der Waals surface area contributed by atoms with E-state index in [1.165, 1.54) is 51.0 Å². The second-order valence-corrected chi connectivity index (χ2v) is 7.79. The lowest BCUT2D eigenvalue weighted by Crippen LogP contribution is -2.10. The minimum absolute atomic E-state index is 0.121. The standard InChI is InChI=1S/C22H32Cl2O4/c1-2-3-4-5-6-7-8-9-10-16-27-21(25)12-11-13-22(26)28-20-17-18(23)14-15-19(20)24/h14-15,17H,2-13,16H2,1H3. The van der Waals surface area contributed by atoms with Crippen molar-refractivity contribution >= 4 is 35.1 Å². The predicted octanol–water partition coefficient (Wildman–Crippen LogP) is 7.14. The van der Waals surface area contributed by atoms with Gasteiger partial charge in [-0.05, 0) is 25.0 Å². The van der Waals surface area contributed by atoms with Crippen LogP contribution in [0.1, 0.15) is 84.0 Å². The first-order chi connectivity index (χ1) is 13.5. The van der Waals surface area contributed by atoms with E-state index >= 15 is 0 Å². The molecule has 0 unspecified atom stereocenters. The van der Waals surface area contributed by atoms with E-state index in [1.54, 1.807) is 12.1 Å². The normalized spacial score (nSPS) is 10.7. The van der Waals surface area contributed by atoms with E-state index in [0.29, 0.717) is 23.1 Å². The third kappa shape index (κ3) is 12.2. The largest absolute Gasteiger partial charge is 0.466 e. The maximum Gasteiger partial charge on any atom is 0.311 e.